The Morgan fingerprint density at radius 3 is 2.44 bits per heavy atom. The maximum atomic E-state index is 14.4. The lowest BCUT2D eigenvalue weighted by atomic mass is 9.33. The van der Waals surface area contributed by atoms with Gasteiger partial charge in [0, 0.05) is 41.9 Å². The quantitative estimate of drug-likeness (QED) is 0.361. The third-order valence-corrected chi connectivity index (χ3v) is 13.5. The number of allylic oxidation sites excluding steroid dienone is 1. The number of carbonyl (C=O) groups is 3. The predicted molar refractivity (Wildman–Crippen MR) is 153 cm³/mol. The molecular formula is C34H42O11. The summed E-state index contributed by atoms with van der Waals surface area (Å²) in [5.74, 6) is -3.89. The van der Waals surface area contributed by atoms with Crippen LogP contribution in [0.5, 0.6) is 0 Å². The van der Waals surface area contributed by atoms with E-state index in [1.165, 1.54) is 19.6 Å². The Morgan fingerprint density at radius 2 is 1.80 bits per heavy atom. The fourth-order valence-electron chi connectivity index (χ4n) is 12.1. The summed E-state index contributed by atoms with van der Waals surface area (Å²) < 4.78 is 44.7. The monoisotopic (exact) mass is 626 g/mol. The average molecular weight is 627 g/mol. The highest BCUT2D eigenvalue weighted by atomic mass is 16.9. The van der Waals surface area contributed by atoms with Crippen molar-refractivity contribution < 1.29 is 52.3 Å². The number of aliphatic hydroxyl groups is 1. The summed E-state index contributed by atoms with van der Waals surface area (Å²) in [7, 11) is 1.35. The van der Waals surface area contributed by atoms with E-state index in [0.29, 0.717) is 24.2 Å². The molecule has 11 nitrogen and oxygen atoms in total. The van der Waals surface area contributed by atoms with Crippen LogP contribution in [0.1, 0.15) is 84.0 Å². The molecule has 4 aliphatic carbocycles. The van der Waals surface area contributed by atoms with E-state index in [1.54, 1.807) is 26.8 Å². The standard InChI is InChI=1S/C34H42O11/c1-17(2)24(37)42-25-28(5)16-32-29(6,20(28)14-22(35)39-8)31-11-10-27(4,23(36)19-9-12-40-15-19)21-13-18(3)41-26(33(25,32)38)34(21,31)45-30(7,43-31)44-32/h9,12,15,17,20-21,25-26,38H,3,10-11,13-14,16H2,1-2,4-8H3. The molecule has 1 N–H and O–H groups in total. The van der Waals surface area contributed by atoms with E-state index in [4.69, 9.17) is 32.8 Å². The van der Waals surface area contributed by atoms with Crippen molar-refractivity contribution in [1.82, 2.24) is 0 Å². The smallest absolute Gasteiger partial charge is 0.308 e. The summed E-state index contributed by atoms with van der Waals surface area (Å²) in [6.45, 7) is 15.3. The molecule has 1 aromatic heterocycles. The maximum Gasteiger partial charge on any atom is 0.308 e. The average Bonchev–Trinajstić information content (AvgIpc) is 3.67. The van der Waals surface area contributed by atoms with Gasteiger partial charge in [0.05, 0.1) is 30.6 Å². The number of carbonyl (C=O) groups excluding carboxylic acids is 3. The zero-order valence-corrected chi connectivity index (χ0v) is 26.9. The molecule has 8 rings (SSSR count). The Hall–Kier alpha value is -2.73. The van der Waals surface area contributed by atoms with E-state index in [9.17, 15) is 19.5 Å². The summed E-state index contributed by atoms with van der Waals surface area (Å²) >= 11 is 0. The van der Waals surface area contributed by atoms with Crippen molar-refractivity contribution in [3.63, 3.8) is 0 Å². The van der Waals surface area contributed by atoms with Crippen molar-refractivity contribution in [2.45, 2.75) is 114 Å². The van der Waals surface area contributed by atoms with Crippen LogP contribution in [0, 0.1) is 34.0 Å². The molecule has 1 aromatic rings. The van der Waals surface area contributed by atoms with Crippen LogP contribution >= 0.6 is 0 Å². The van der Waals surface area contributed by atoms with Gasteiger partial charge in [-0.05, 0) is 31.2 Å². The van der Waals surface area contributed by atoms with E-state index >= 15 is 0 Å². The van der Waals surface area contributed by atoms with Crippen molar-refractivity contribution in [2.75, 3.05) is 7.11 Å². The first kappa shape index (κ1) is 29.7. The Kier molecular flexibility index (Phi) is 5.41. The largest absolute Gasteiger partial charge is 0.489 e. The number of ketones is 1. The number of Topliss-reactive ketones (excluding diaryl/α,β-unsaturated/α-hetero) is 1. The van der Waals surface area contributed by atoms with Gasteiger partial charge in [-0.2, -0.15) is 0 Å². The Bertz CT molecular complexity index is 1550. The molecule has 7 aliphatic rings. The molecule has 11 heteroatoms. The summed E-state index contributed by atoms with van der Waals surface area (Å²) in [6.07, 6.45) is 1.89. The first-order valence-corrected chi connectivity index (χ1v) is 16.0. The lowest BCUT2D eigenvalue weighted by Crippen LogP contribution is -2.94. The molecular weight excluding hydrogens is 584 g/mol. The van der Waals surface area contributed by atoms with E-state index in [2.05, 4.69) is 6.58 Å². The second-order valence-electron chi connectivity index (χ2n) is 15.7. The molecule has 4 bridgehead atoms. The Morgan fingerprint density at radius 1 is 1.09 bits per heavy atom. The molecule has 0 radical (unpaired) electrons. The third kappa shape index (κ3) is 2.78. The van der Waals surface area contributed by atoms with Crippen molar-refractivity contribution in [3.05, 3.63) is 36.5 Å². The van der Waals surface area contributed by atoms with Crippen LogP contribution in [-0.2, 0) is 38.0 Å². The minimum atomic E-state index is -1.96. The van der Waals surface area contributed by atoms with E-state index in [0.717, 1.165) is 0 Å². The summed E-state index contributed by atoms with van der Waals surface area (Å²) in [6, 6.07) is 1.65. The highest BCUT2D eigenvalue weighted by Gasteiger charge is 3.04. The molecule has 4 saturated carbocycles. The fraction of sp³-hybridized carbons (Fsp3) is 0.735. The lowest BCUT2D eigenvalue weighted by molar-refractivity contribution is -0.479. The SMILES string of the molecule is C=C1CC2C(C)(C(=O)c3ccoc3)CCC34OC5(C)OC23C(O1)C1(O)C(OC(=O)C(C)C)C2(C)CC1(O5)C4(C)C2CC(=O)OC. The molecule has 0 amide bonds. The number of ether oxygens (including phenoxy) is 6. The summed E-state index contributed by atoms with van der Waals surface area (Å²) in [5.41, 5.74) is -8.59. The van der Waals surface area contributed by atoms with Gasteiger partial charge in [-0.3, -0.25) is 14.4 Å². The first-order chi connectivity index (χ1) is 21.0. The number of hydrogen-bond donors (Lipinski definition) is 1. The highest BCUT2D eigenvalue weighted by molar-refractivity contribution is 6.00. The zero-order chi connectivity index (χ0) is 32.4. The molecule has 12 unspecified atom stereocenters. The van der Waals surface area contributed by atoms with Crippen LogP contribution in [0.25, 0.3) is 0 Å². The van der Waals surface area contributed by atoms with Gasteiger partial charge in [0.15, 0.2) is 17.5 Å². The maximum absolute atomic E-state index is 14.4. The first-order valence-electron chi connectivity index (χ1n) is 16.0. The zero-order valence-electron chi connectivity index (χ0n) is 26.9. The molecule has 7 fully saturated rings. The van der Waals surface area contributed by atoms with Crippen LogP contribution in [0.3, 0.4) is 0 Å². The number of hydrogen-bond acceptors (Lipinski definition) is 11. The highest BCUT2D eigenvalue weighted by Crippen LogP contribution is 2.89. The van der Waals surface area contributed by atoms with Crippen LogP contribution in [0.4, 0.5) is 0 Å². The number of methoxy groups -OCH3 is 1. The number of furan rings is 1. The molecule has 3 spiro atoms. The van der Waals surface area contributed by atoms with Crippen LogP contribution in [0.15, 0.2) is 35.3 Å². The van der Waals surface area contributed by atoms with Crippen molar-refractivity contribution in [1.29, 1.82) is 0 Å². The number of esters is 2. The normalized spacial score (nSPS) is 52.9. The van der Waals surface area contributed by atoms with Crippen molar-refractivity contribution in [3.8, 4) is 0 Å². The summed E-state index contributed by atoms with van der Waals surface area (Å²) in [4.78, 5) is 41.1. The lowest BCUT2D eigenvalue weighted by Gasteiger charge is -2.77. The van der Waals surface area contributed by atoms with Gasteiger partial charge in [0.1, 0.15) is 29.2 Å². The third-order valence-electron chi connectivity index (χ3n) is 13.5. The molecule has 12 atom stereocenters. The number of fused-ring (bicyclic) bond motifs is 3. The fourth-order valence-corrected chi connectivity index (χ4v) is 12.1. The van der Waals surface area contributed by atoms with E-state index in [-0.39, 0.29) is 25.0 Å². The molecule has 3 aliphatic heterocycles. The van der Waals surface area contributed by atoms with Gasteiger partial charge in [-0.1, -0.05) is 41.2 Å². The van der Waals surface area contributed by atoms with Gasteiger partial charge in [-0.15, -0.1) is 0 Å². The second kappa shape index (κ2) is 8.21. The van der Waals surface area contributed by atoms with Gasteiger partial charge >= 0.3 is 11.9 Å². The van der Waals surface area contributed by atoms with E-state index < -0.39 is 86.5 Å². The van der Waals surface area contributed by atoms with Gasteiger partial charge < -0.3 is 37.9 Å². The molecule has 4 heterocycles. The second-order valence-corrected chi connectivity index (χ2v) is 15.7. The molecule has 244 valence electrons. The van der Waals surface area contributed by atoms with Gasteiger partial charge in [-0.25, -0.2) is 0 Å². The van der Waals surface area contributed by atoms with Crippen LogP contribution < -0.4 is 0 Å². The van der Waals surface area contributed by atoms with Crippen molar-refractivity contribution in [2.24, 2.45) is 34.0 Å². The minimum absolute atomic E-state index is 0.0214. The molecule has 45 heavy (non-hydrogen) atoms. The molecule has 0 aromatic carbocycles. The predicted octanol–water partition coefficient (Wildman–Crippen LogP) is 4.07. The van der Waals surface area contributed by atoms with Crippen molar-refractivity contribution >= 4 is 17.7 Å². The Labute approximate surface area is 261 Å². The Balaban J connectivity index is 1.43. The van der Waals surface area contributed by atoms with E-state index in [1.807, 2.05) is 20.8 Å². The van der Waals surface area contributed by atoms with Crippen LogP contribution in [-0.4, -0.2) is 70.5 Å². The van der Waals surface area contributed by atoms with Crippen LogP contribution in [0.2, 0.25) is 0 Å². The molecule has 3 saturated heterocycles. The summed E-state index contributed by atoms with van der Waals surface area (Å²) in [5, 5.41) is 13.6. The number of rotatable bonds is 6. The topological polar surface area (TPSA) is 140 Å². The van der Waals surface area contributed by atoms with Gasteiger partial charge in [0.2, 0.25) is 0 Å². The van der Waals surface area contributed by atoms with Gasteiger partial charge in [0.25, 0.3) is 5.97 Å². The minimum Gasteiger partial charge on any atom is -0.489 e.